The lowest BCUT2D eigenvalue weighted by Crippen LogP contribution is -2.02. The minimum Gasteiger partial charge on any atom is -0.389 e. The zero-order valence-electron chi connectivity index (χ0n) is 7.89. The van der Waals surface area contributed by atoms with Gasteiger partial charge in [0.1, 0.15) is 0 Å². The fraction of sp³-hybridized carbons (Fsp3) is 0.600. The molecule has 0 heterocycles. The van der Waals surface area contributed by atoms with Gasteiger partial charge in [-0.05, 0) is 34.1 Å². The molecule has 0 aliphatic rings. The van der Waals surface area contributed by atoms with Crippen LogP contribution in [0.4, 0.5) is 0 Å². The third-order valence-corrected chi connectivity index (χ3v) is 1.55. The summed E-state index contributed by atoms with van der Waals surface area (Å²) >= 11 is 0. The number of aliphatic hydroxyl groups excluding tert-OH is 1. The second-order valence-electron chi connectivity index (χ2n) is 3.15. The van der Waals surface area contributed by atoms with Crippen LogP contribution in [-0.4, -0.2) is 11.2 Å². The molecular formula is C10H18O. The molecule has 0 amide bonds. The topological polar surface area (TPSA) is 20.2 Å². The predicted molar refractivity (Wildman–Crippen MR) is 49.5 cm³/mol. The average molecular weight is 154 g/mol. The molecule has 0 rings (SSSR count). The van der Waals surface area contributed by atoms with Crippen molar-refractivity contribution in [3.05, 3.63) is 23.3 Å². The van der Waals surface area contributed by atoms with E-state index in [0.717, 1.165) is 6.42 Å². The zero-order valence-corrected chi connectivity index (χ0v) is 7.89. The molecular weight excluding hydrogens is 136 g/mol. The van der Waals surface area contributed by atoms with Crippen molar-refractivity contribution in [3.8, 4) is 0 Å². The van der Waals surface area contributed by atoms with Crippen LogP contribution in [0.1, 0.15) is 34.1 Å². The maximum absolute atomic E-state index is 9.40. The molecule has 0 saturated carbocycles. The maximum atomic E-state index is 9.40. The number of allylic oxidation sites excluding steroid dienone is 2. The van der Waals surface area contributed by atoms with Gasteiger partial charge in [-0.25, -0.2) is 0 Å². The third-order valence-electron chi connectivity index (χ3n) is 1.55. The number of hydrogen-bond acceptors (Lipinski definition) is 1. The van der Waals surface area contributed by atoms with E-state index in [1.165, 1.54) is 11.1 Å². The van der Waals surface area contributed by atoms with Gasteiger partial charge < -0.3 is 5.11 Å². The highest BCUT2D eigenvalue weighted by molar-refractivity contribution is 5.05. The van der Waals surface area contributed by atoms with Crippen LogP contribution < -0.4 is 0 Å². The Hall–Kier alpha value is -0.560. The summed E-state index contributed by atoms with van der Waals surface area (Å²) in [6.07, 6.45) is 4.35. The lowest BCUT2D eigenvalue weighted by Gasteiger charge is -2.05. The van der Waals surface area contributed by atoms with Gasteiger partial charge in [0.2, 0.25) is 0 Å². The van der Waals surface area contributed by atoms with Gasteiger partial charge in [-0.3, -0.25) is 0 Å². The van der Waals surface area contributed by atoms with Crippen molar-refractivity contribution >= 4 is 0 Å². The Morgan fingerprint density at radius 3 is 2.27 bits per heavy atom. The molecule has 1 atom stereocenters. The van der Waals surface area contributed by atoms with Crippen LogP contribution in [0.15, 0.2) is 23.3 Å². The van der Waals surface area contributed by atoms with E-state index in [0.29, 0.717) is 0 Å². The number of hydrogen-bond donors (Lipinski definition) is 1. The van der Waals surface area contributed by atoms with Gasteiger partial charge >= 0.3 is 0 Å². The van der Waals surface area contributed by atoms with E-state index in [1.807, 2.05) is 39.8 Å². The molecule has 64 valence electrons. The summed E-state index contributed by atoms with van der Waals surface area (Å²) in [4.78, 5) is 0. The maximum Gasteiger partial charge on any atom is 0.0760 e. The monoisotopic (exact) mass is 154 g/mol. The summed E-state index contributed by atoms with van der Waals surface area (Å²) in [5.74, 6) is 0. The summed E-state index contributed by atoms with van der Waals surface area (Å²) in [5, 5.41) is 9.40. The Kier molecular flexibility index (Phi) is 4.88. The molecule has 0 bridgehead atoms. The van der Waals surface area contributed by atoms with Crippen molar-refractivity contribution in [2.24, 2.45) is 0 Å². The summed E-state index contributed by atoms with van der Waals surface area (Å²) in [6.45, 7) is 8.01. The average Bonchev–Trinajstić information content (AvgIpc) is 1.85. The lowest BCUT2D eigenvalue weighted by molar-refractivity contribution is 0.222. The first kappa shape index (κ1) is 10.4. The van der Waals surface area contributed by atoms with E-state index in [-0.39, 0.29) is 6.10 Å². The van der Waals surface area contributed by atoms with Crippen molar-refractivity contribution in [2.45, 2.75) is 40.2 Å². The first-order valence-corrected chi connectivity index (χ1v) is 4.01. The molecule has 1 unspecified atom stereocenters. The summed E-state index contributed by atoms with van der Waals surface area (Å²) in [7, 11) is 0. The highest BCUT2D eigenvalue weighted by Gasteiger charge is 1.99. The molecule has 0 aromatic carbocycles. The van der Waals surface area contributed by atoms with Gasteiger partial charge in [-0.2, -0.15) is 0 Å². The molecule has 0 fully saturated rings. The van der Waals surface area contributed by atoms with E-state index in [4.69, 9.17) is 0 Å². The number of aliphatic hydroxyl groups is 1. The third kappa shape index (κ3) is 5.86. The van der Waals surface area contributed by atoms with Crippen LogP contribution in [0.25, 0.3) is 0 Å². The van der Waals surface area contributed by atoms with Crippen molar-refractivity contribution in [1.82, 2.24) is 0 Å². The van der Waals surface area contributed by atoms with E-state index in [1.54, 1.807) is 0 Å². The van der Waals surface area contributed by atoms with E-state index in [9.17, 15) is 5.11 Å². The first-order valence-electron chi connectivity index (χ1n) is 4.01. The summed E-state index contributed by atoms with van der Waals surface area (Å²) < 4.78 is 0. The lowest BCUT2D eigenvalue weighted by atomic mass is 10.1. The van der Waals surface area contributed by atoms with Crippen LogP contribution in [0.3, 0.4) is 0 Å². The van der Waals surface area contributed by atoms with Gasteiger partial charge in [0, 0.05) is 0 Å². The van der Waals surface area contributed by atoms with Crippen LogP contribution in [0, 0.1) is 0 Å². The smallest absolute Gasteiger partial charge is 0.0760 e. The van der Waals surface area contributed by atoms with Crippen LogP contribution in [0.2, 0.25) is 0 Å². The quantitative estimate of drug-likeness (QED) is 0.620. The molecule has 1 N–H and O–H groups in total. The van der Waals surface area contributed by atoms with Crippen LogP contribution in [-0.2, 0) is 0 Å². The van der Waals surface area contributed by atoms with Crippen LogP contribution in [0.5, 0.6) is 0 Å². The first-order chi connectivity index (χ1) is 5.06. The van der Waals surface area contributed by atoms with Crippen molar-refractivity contribution < 1.29 is 5.11 Å². The highest BCUT2D eigenvalue weighted by atomic mass is 16.3. The molecule has 1 heteroatoms. The SMILES string of the molecule is CC=C(C)CC(O)C=C(C)C. The minimum absolute atomic E-state index is 0.309. The van der Waals surface area contributed by atoms with Gasteiger partial charge in [0.05, 0.1) is 6.10 Å². The van der Waals surface area contributed by atoms with Gasteiger partial charge in [0.15, 0.2) is 0 Å². The molecule has 0 aromatic heterocycles. The summed E-state index contributed by atoms with van der Waals surface area (Å²) in [5.41, 5.74) is 2.40. The fourth-order valence-corrected chi connectivity index (χ4v) is 0.891. The minimum atomic E-state index is -0.309. The highest BCUT2D eigenvalue weighted by Crippen LogP contribution is 2.06. The van der Waals surface area contributed by atoms with E-state index >= 15 is 0 Å². The Bertz CT molecular complexity index is 162. The van der Waals surface area contributed by atoms with Gasteiger partial charge in [-0.1, -0.05) is 23.3 Å². The van der Waals surface area contributed by atoms with Gasteiger partial charge in [-0.15, -0.1) is 0 Å². The molecule has 0 aromatic rings. The second kappa shape index (κ2) is 5.14. The standard InChI is InChI=1S/C10H18O/c1-5-9(4)7-10(11)6-8(2)3/h5-6,10-11H,7H2,1-4H3. The molecule has 0 radical (unpaired) electrons. The Balaban J connectivity index is 3.88. The summed E-state index contributed by atoms with van der Waals surface area (Å²) in [6, 6.07) is 0. The normalized spacial score (nSPS) is 14.5. The largest absolute Gasteiger partial charge is 0.389 e. The molecule has 0 saturated heterocycles. The molecule has 0 spiro atoms. The second-order valence-corrected chi connectivity index (χ2v) is 3.15. The van der Waals surface area contributed by atoms with Crippen molar-refractivity contribution in [1.29, 1.82) is 0 Å². The van der Waals surface area contributed by atoms with Crippen LogP contribution >= 0.6 is 0 Å². The van der Waals surface area contributed by atoms with Crippen molar-refractivity contribution in [2.75, 3.05) is 0 Å². The fourth-order valence-electron chi connectivity index (χ4n) is 0.891. The van der Waals surface area contributed by atoms with E-state index in [2.05, 4.69) is 0 Å². The Morgan fingerprint density at radius 1 is 1.36 bits per heavy atom. The van der Waals surface area contributed by atoms with E-state index < -0.39 is 0 Å². The zero-order chi connectivity index (χ0) is 8.85. The predicted octanol–water partition coefficient (Wildman–Crippen LogP) is 2.67. The molecule has 0 aliphatic heterocycles. The number of rotatable bonds is 3. The van der Waals surface area contributed by atoms with Gasteiger partial charge in [0.25, 0.3) is 0 Å². The molecule has 0 aliphatic carbocycles. The van der Waals surface area contributed by atoms with Crippen molar-refractivity contribution in [3.63, 3.8) is 0 Å². The molecule has 11 heavy (non-hydrogen) atoms. The Morgan fingerprint density at radius 2 is 1.91 bits per heavy atom. The molecule has 1 nitrogen and oxygen atoms in total. The Labute approximate surface area is 69.4 Å².